The van der Waals surface area contributed by atoms with Crippen LogP contribution in [0, 0.1) is 0 Å². The fourth-order valence-corrected chi connectivity index (χ4v) is 3.71. The van der Waals surface area contributed by atoms with Gasteiger partial charge < -0.3 is 9.30 Å². The molecule has 1 aliphatic carbocycles. The Balaban J connectivity index is 1.90. The molecule has 0 spiro atoms. The summed E-state index contributed by atoms with van der Waals surface area (Å²) < 4.78 is 7.52. The number of esters is 1. The lowest BCUT2D eigenvalue weighted by molar-refractivity contribution is 0.0526. The van der Waals surface area contributed by atoms with Crippen molar-refractivity contribution in [1.82, 2.24) is 4.57 Å². The van der Waals surface area contributed by atoms with Gasteiger partial charge in [-0.25, -0.2) is 4.79 Å². The maximum atomic E-state index is 12.1. The summed E-state index contributed by atoms with van der Waals surface area (Å²) in [6, 6.07) is 18.5. The van der Waals surface area contributed by atoms with E-state index in [-0.39, 0.29) is 5.97 Å². The molecule has 3 aromatic rings. The summed E-state index contributed by atoms with van der Waals surface area (Å²) in [6.07, 6.45) is 7.05. The predicted octanol–water partition coefficient (Wildman–Crippen LogP) is 5.90. The molecule has 0 atom stereocenters. The monoisotopic (exact) mass is 345 g/mol. The van der Waals surface area contributed by atoms with Gasteiger partial charge in [0, 0.05) is 11.1 Å². The van der Waals surface area contributed by atoms with E-state index >= 15 is 0 Å². The van der Waals surface area contributed by atoms with Gasteiger partial charge in [0.15, 0.2) is 0 Å². The molecule has 1 aromatic heterocycles. The van der Waals surface area contributed by atoms with Crippen LogP contribution in [-0.4, -0.2) is 17.1 Å². The van der Waals surface area contributed by atoms with Gasteiger partial charge in [0.25, 0.3) is 0 Å². The first-order valence-corrected chi connectivity index (χ1v) is 9.35. The molecule has 2 aromatic carbocycles. The number of hydrogen-bond donors (Lipinski definition) is 0. The van der Waals surface area contributed by atoms with Crippen molar-refractivity contribution in [2.75, 3.05) is 6.61 Å². The van der Waals surface area contributed by atoms with Crippen LogP contribution in [0.15, 0.2) is 60.7 Å². The van der Waals surface area contributed by atoms with Gasteiger partial charge in [0.05, 0.1) is 23.4 Å². The number of allylic oxidation sites excluding steroid dienone is 2. The summed E-state index contributed by atoms with van der Waals surface area (Å²) in [4.78, 5) is 12.1. The number of nitrogens with zero attached hydrogens (tertiary/aromatic N) is 1. The van der Waals surface area contributed by atoms with Gasteiger partial charge in [-0.15, -0.1) is 0 Å². The largest absolute Gasteiger partial charge is 0.462 e. The Labute approximate surface area is 153 Å². The second-order valence-corrected chi connectivity index (χ2v) is 6.67. The molecule has 0 aliphatic heterocycles. The zero-order valence-corrected chi connectivity index (χ0v) is 15.1. The van der Waals surface area contributed by atoms with Gasteiger partial charge in [-0.3, -0.25) is 0 Å². The van der Waals surface area contributed by atoms with Crippen LogP contribution in [0.25, 0.3) is 27.9 Å². The minimum absolute atomic E-state index is 0.264. The van der Waals surface area contributed by atoms with Crippen molar-refractivity contribution in [2.45, 2.75) is 32.6 Å². The Morgan fingerprint density at radius 2 is 1.92 bits per heavy atom. The van der Waals surface area contributed by atoms with E-state index < -0.39 is 0 Å². The molecule has 26 heavy (non-hydrogen) atoms. The average Bonchev–Trinajstić information content (AvgIpc) is 3.08. The van der Waals surface area contributed by atoms with Crippen LogP contribution >= 0.6 is 0 Å². The van der Waals surface area contributed by atoms with E-state index in [4.69, 9.17) is 4.74 Å². The second kappa shape index (κ2) is 7.20. The molecule has 0 saturated carbocycles. The van der Waals surface area contributed by atoms with Crippen molar-refractivity contribution in [3.8, 4) is 11.3 Å². The number of hydrogen-bond acceptors (Lipinski definition) is 2. The highest BCUT2D eigenvalue weighted by Gasteiger charge is 2.17. The topological polar surface area (TPSA) is 31.2 Å². The number of aromatic nitrogens is 1. The van der Waals surface area contributed by atoms with Gasteiger partial charge in [-0.2, -0.15) is 0 Å². The summed E-state index contributed by atoms with van der Waals surface area (Å²) in [5.41, 5.74) is 5.47. The normalized spacial score (nSPS) is 14.3. The first-order chi connectivity index (χ1) is 12.8. The SMILES string of the molecule is CCOC(=O)c1ccc2c(c1)cc(-c1ccccc1)n2C1=CCCCC1. The molecule has 0 unspecified atom stereocenters. The Morgan fingerprint density at radius 1 is 1.08 bits per heavy atom. The van der Waals surface area contributed by atoms with E-state index in [1.54, 1.807) is 0 Å². The second-order valence-electron chi connectivity index (χ2n) is 6.67. The van der Waals surface area contributed by atoms with Gasteiger partial charge in [0.1, 0.15) is 0 Å². The molecule has 1 heterocycles. The minimum atomic E-state index is -0.264. The van der Waals surface area contributed by atoms with Crippen molar-refractivity contribution in [3.63, 3.8) is 0 Å². The van der Waals surface area contributed by atoms with E-state index in [1.807, 2.05) is 31.2 Å². The maximum Gasteiger partial charge on any atom is 0.338 e. The molecular formula is C23H23NO2. The predicted molar refractivity (Wildman–Crippen MR) is 106 cm³/mol. The van der Waals surface area contributed by atoms with E-state index in [9.17, 15) is 4.79 Å². The van der Waals surface area contributed by atoms with Crippen LogP contribution in [0.3, 0.4) is 0 Å². The molecule has 0 amide bonds. The summed E-state index contributed by atoms with van der Waals surface area (Å²) in [5, 5.41) is 1.07. The number of fused-ring (bicyclic) bond motifs is 1. The fourth-order valence-electron chi connectivity index (χ4n) is 3.71. The molecule has 4 rings (SSSR count). The first kappa shape index (κ1) is 16.6. The lowest BCUT2D eigenvalue weighted by Crippen LogP contribution is -2.05. The molecule has 3 nitrogen and oxygen atoms in total. The molecule has 0 saturated heterocycles. The lowest BCUT2D eigenvalue weighted by atomic mass is 10.0. The third kappa shape index (κ3) is 3.05. The third-order valence-electron chi connectivity index (χ3n) is 4.94. The Morgan fingerprint density at radius 3 is 2.65 bits per heavy atom. The number of rotatable bonds is 4. The van der Waals surface area contributed by atoms with E-state index in [1.165, 1.54) is 29.8 Å². The number of carbonyl (C=O) groups is 1. The quantitative estimate of drug-likeness (QED) is 0.551. The number of benzene rings is 2. The minimum Gasteiger partial charge on any atom is -0.462 e. The van der Waals surface area contributed by atoms with Crippen LogP contribution in [0.1, 0.15) is 43.0 Å². The van der Waals surface area contributed by atoms with Crippen molar-refractivity contribution >= 4 is 22.6 Å². The molecule has 132 valence electrons. The number of ether oxygens (including phenoxy) is 1. The van der Waals surface area contributed by atoms with Gasteiger partial charge >= 0.3 is 5.97 Å². The molecule has 0 radical (unpaired) electrons. The lowest BCUT2D eigenvalue weighted by Gasteiger charge is -2.18. The zero-order valence-electron chi connectivity index (χ0n) is 15.1. The van der Waals surface area contributed by atoms with Crippen LogP contribution in [0.5, 0.6) is 0 Å². The molecule has 0 fully saturated rings. The number of carbonyl (C=O) groups excluding carboxylic acids is 1. The van der Waals surface area contributed by atoms with Crippen molar-refractivity contribution in [2.24, 2.45) is 0 Å². The average molecular weight is 345 g/mol. The smallest absolute Gasteiger partial charge is 0.338 e. The van der Waals surface area contributed by atoms with Crippen molar-refractivity contribution in [1.29, 1.82) is 0 Å². The fraction of sp³-hybridized carbons (Fsp3) is 0.261. The highest BCUT2D eigenvalue weighted by Crippen LogP contribution is 2.35. The summed E-state index contributed by atoms with van der Waals surface area (Å²) >= 11 is 0. The maximum absolute atomic E-state index is 12.1. The zero-order chi connectivity index (χ0) is 17.9. The van der Waals surface area contributed by atoms with Crippen LogP contribution in [-0.2, 0) is 4.74 Å². The summed E-state index contributed by atoms with van der Waals surface area (Å²) in [5.74, 6) is -0.264. The van der Waals surface area contributed by atoms with E-state index in [2.05, 4.69) is 41.0 Å². The van der Waals surface area contributed by atoms with Gasteiger partial charge in [-0.05, 0) is 62.4 Å². The first-order valence-electron chi connectivity index (χ1n) is 9.35. The molecule has 3 heteroatoms. The third-order valence-corrected chi connectivity index (χ3v) is 4.94. The molecule has 0 bridgehead atoms. The Hall–Kier alpha value is -2.81. The summed E-state index contributed by atoms with van der Waals surface area (Å²) in [6.45, 7) is 2.22. The van der Waals surface area contributed by atoms with E-state index in [0.717, 1.165) is 23.7 Å². The molecule has 1 aliphatic rings. The van der Waals surface area contributed by atoms with Crippen LogP contribution < -0.4 is 0 Å². The van der Waals surface area contributed by atoms with Crippen LogP contribution in [0.2, 0.25) is 0 Å². The van der Waals surface area contributed by atoms with Gasteiger partial charge in [-0.1, -0.05) is 36.4 Å². The Kier molecular flexibility index (Phi) is 4.61. The van der Waals surface area contributed by atoms with Crippen molar-refractivity contribution < 1.29 is 9.53 Å². The van der Waals surface area contributed by atoms with Gasteiger partial charge in [0.2, 0.25) is 0 Å². The molecular weight excluding hydrogens is 322 g/mol. The van der Waals surface area contributed by atoms with Crippen LogP contribution in [0.4, 0.5) is 0 Å². The molecule has 0 N–H and O–H groups in total. The Bertz CT molecular complexity index is 967. The highest BCUT2D eigenvalue weighted by atomic mass is 16.5. The standard InChI is InChI=1S/C23H23NO2/c1-2-26-23(25)18-13-14-21-19(15-18)16-22(17-9-5-3-6-10-17)24(21)20-11-7-4-8-12-20/h3,5-6,9-11,13-16H,2,4,7-8,12H2,1H3. The van der Waals surface area contributed by atoms with Crippen molar-refractivity contribution in [3.05, 3.63) is 66.2 Å². The summed E-state index contributed by atoms with van der Waals surface area (Å²) in [7, 11) is 0. The highest BCUT2D eigenvalue weighted by molar-refractivity contribution is 5.98. The van der Waals surface area contributed by atoms with E-state index in [0.29, 0.717) is 12.2 Å².